The third-order valence-corrected chi connectivity index (χ3v) is 2.89. The van der Waals surface area contributed by atoms with E-state index in [0.29, 0.717) is 6.54 Å². The minimum absolute atomic E-state index is 0.0720. The number of carbonyl (C=O) groups excluding carboxylic acids is 2. The van der Waals surface area contributed by atoms with Crippen LogP contribution in [0.25, 0.3) is 0 Å². The van der Waals surface area contributed by atoms with Crippen molar-refractivity contribution in [3.63, 3.8) is 0 Å². The Morgan fingerprint density at radius 3 is 2.41 bits per heavy atom. The molecule has 0 radical (unpaired) electrons. The molecule has 0 fully saturated rings. The quantitative estimate of drug-likeness (QED) is 0.832. The number of hydrogen-bond acceptors (Lipinski definition) is 3. The van der Waals surface area contributed by atoms with Crippen molar-refractivity contribution >= 4 is 11.8 Å². The zero-order valence-corrected chi connectivity index (χ0v) is 12.8. The van der Waals surface area contributed by atoms with Crippen molar-refractivity contribution in [2.75, 3.05) is 19.6 Å². The van der Waals surface area contributed by atoms with Crippen LogP contribution in [0.1, 0.15) is 31.1 Å². The maximum atomic E-state index is 13.0. The van der Waals surface area contributed by atoms with Gasteiger partial charge in [-0.3, -0.25) is 9.59 Å². The Morgan fingerprint density at radius 2 is 1.91 bits per heavy atom. The van der Waals surface area contributed by atoms with Crippen molar-refractivity contribution in [1.29, 1.82) is 0 Å². The highest BCUT2D eigenvalue weighted by molar-refractivity contribution is 5.96. The van der Waals surface area contributed by atoms with E-state index < -0.39 is 23.1 Å². The van der Waals surface area contributed by atoms with Gasteiger partial charge in [-0.15, -0.1) is 0 Å². The number of nitrogens with one attached hydrogen (secondary N) is 1. The number of rotatable bonds is 6. The van der Waals surface area contributed by atoms with Gasteiger partial charge < -0.3 is 15.3 Å². The zero-order chi connectivity index (χ0) is 16.9. The molecule has 0 saturated carbocycles. The second-order valence-corrected chi connectivity index (χ2v) is 5.53. The van der Waals surface area contributed by atoms with E-state index in [2.05, 4.69) is 5.32 Å². The molecule has 0 bridgehead atoms. The second-order valence-electron chi connectivity index (χ2n) is 5.53. The average molecular weight is 314 g/mol. The maximum Gasteiger partial charge on any atom is 0.251 e. The third-order valence-electron chi connectivity index (χ3n) is 2.89. The lowest BCUT2D eigenvalue weighted by atomic mass is 10.1. The summed E-state index contributed by atoms with van der Waals surface area (Å²) >= 11 is 0. The molecule has 7 heteroatoms. The van der Waals surface area contributed by atoms with E-state index >= 15 is 0 Å². The Labute approximate surface area is 127 Å². The van der Waals surface area contributed by atoms with Crippen molar-refractivity contribution in [2.24, 2.45) is 0 Å². The number of likely N-dealkylation sites (N-methyl/N-ethyl adjacent to an activating group) is 1. The number of amides is 2. The van der Waals surface area contributed by atoms with Crippen LogP contribution in [0.15, 0.2) is 18.2 Å². The van der Waals surface area contributed by atoms with Crippen LogP contribution in [0.5, 0.6) is 0 Å². The van der Waals surface area contributed by atoms with Crippen molar-refractivity contribution < 1.29 is 23.5 Å². The summed E-state index contributed by atoms with van der Waals surface area (Å²) < 4.78 is 25.8. The van der Waals surface area contributed by atoms with E-state index in [0.717, 1.165) is 18.2 Å². The standard InChI is InChI=1S/C15H20F2N2O3/c1-4-19(9-15(2,3)22)13(20)8-18-14(21)10-5-6-11(16)12(17)7-10/h5-7,22H,4,8-9H2,1-3H3,(H,18,21). The Hall–Kier alpha value is -2.02. The Balaban J connectivity index is 2.62. The fourth-order valence-electron chi connectivity index (χ4n) is 1.85. The minimum Gasteiger partial charge on any atom is -0.389 e. The smallest absolute Gasteiger partial charge is 0.251 e. The van der Waals surface area contributed by atoms with Crippen LogP contribution < -0.4 is 5.32 Å². The van der Waals surface area contributed by atoms with Gasteiger partial charge in [0.25, 0.3) is 5.91 Å². The summed E-state index contributed by atoms with van der Waals surface area (Å²) in [6, 6.07) is 2.74. The molecule has 0 saturated heterocycles. The molecule has 1 rings (SSSR count). The first-order chi connectivity index (χ1) is 10.1. The molecule has 0 spiro atoms. The molecule has 0 unspecified atom stereocenters. The lowest BCUT2D eigenvalue weighted by molar-refractivity contribution is -0.132. The van der Waals surface area contributed by atoms with Crippen molar-refractivity contribution in [3.8, 4) is 0 Å². The summed E-state index contributed by atoms with van der Waals surface area (Å²) in [6.45, 7) is 5.11. The molecule has 0 heterocycles. The van der Waals surface area contributed by atoms with Gasteiger partial charge in [0.1, 0.15) is 0 Å². The summed E-state index contributed by atoms with van der Waals surface area (Å²) in [7, 11) is 0. The van der Waals surface area contributed by atoms with Crippen LogP contribution in [0.2, 0.25) is 0 Å². The van der Waals surface area contributed by atoms with Gasteiger partial charge in [-0.2, -0.15) is 0 Å². The molecule has 5 nitrogen and oxygen atoms in total. The second kappa shape index (κ2) is 7.31. The predicted octanol–water partition coefficient (Wildman–Crippen LogP) is 1.31. The summed E-state index contributed by atoms with van der Waals surface area (Å²) in [5, 5.41) is 12.1. The van der Waals surface area contributed by atoms with Gasteiger partial charge >= 0.3 is 0 Å². The highest BCUT2D eigenvalue weighted by Crippen LogP contribution is 2.09. The average Bonchev–Trinajstić information content (AvgIpc) is 2.43. The molecule has 22 heavy (non-hydrogen) atoms. The molecule has 0 aliphatic heterocycles. The third kappa shape index (κ3) is 5.40. The highest BCUT2D eigenvalue weighted by Gasteiger charge is 2.21. The van der Waals surface area contributed by atoms with Gasteiger partial charge in [-0.25, -0.2) is 8.78 Å². The van der Waals surface area contributed by atoms with E-state index in [1.807, 2.05) is 0 Å². The van der Waals surface area contributed by atoms with Gasteiger partial charge in [0, 0.05) is 18.7 Å². The van der Waals surface area contributed by atoms with E-state index in [-0.39, 0.29) is 24.6 Å². The number of aliphatic hydroxyl groups is 1. The molecule has 0 aliphatic rings. The monoisotopic (exact) mass is 314 g/mol. The molecule has 2 N–H and O–H groups in total. The molecule has 0 atom stereocenters. The van der Waals surface area contributed by atoms with Gasteiger partial charge in [0.2, 0.25) is 5.91 Å². The van der Waals surface area contributed by atoms with E-state index in [4.69, 9.17) is 0 Å². The number of halogens is 2. The Kier molecular flexibility index (Phi) is 5.99. The van der Waals surface area contributed by atoms with E-state index in [9.17, 15) is 23.5 Å². The molecular formula is C15H20F2N2O3. The molecular weight excluding hydrogens is 294 g/mol. The van der Waals surface area contributed by atoms with Gasteiger partial charge in [0.15, 0.2) is 11.6 Å². The van der Waals surface area contributed by atoms with Crippen LogP contribution in [0.3, 0.4) is 0 Å². The molecule has 2 amide bonds. The lowest BCUT2D eigenvalue weighted by Gasteiger charge is -2.28. The number of benzene rings is 1. The molecule has 0 aliphatic carbocycles. The van der Waals surface area contributed by atoms with Crippen molar-refractivity contribution in [1.82, 2.24) is 10.2 Å². The summed E-state index contributed by atoms with van der Waals surface area (Å²) in [4.78, 5) is 25.2. The Morgan fingerprint density at radius 1 is 1.27 bits per heavy atom. The first-order valence-corrected chi connectivity index (χ1v) is 6.87. The molecule has 122 valence electrons. The summed E-state index contributed by atoms with van der Waals surface area (Å²) in [5.41, 5.74) is -1.12. The van der Waals surface area contributed by atoms with Gasteiger partial charge in [-0.05, 0) is 39.0 Å². The number of hydrogen-bond donors (Lipinski definition) is 2. The van der Waals surface area contributed by atoms with Crippen LogP contribution >= 0.6 is 0 Å². The fraction of sp³-hybridized carbons (Fsp3) is 0.467. The van der Waals surface area contributed by atoms with Crippen LogP contribution in [0, 0.1) is 11.6 Å². The first-order valence-electron chi connectivity index (χ1n) is 6.87. The first kappa shape index (κ1) is 18.0. The van der Waals surface area contributed by atoms with Gasteiger partial charge in [0.05, 0.1) is 12.1 Å². The summed E-state index contributed by atoms with van der Waals surface area (Å²) in [6.07, 6.45) is 0. The summed E-state index contributed by atoms with van der Waals surface area (Å²) in [5.74, 6) is -3.22. The van der Waals surface area contributed by atoms with E-state index in [1.165, 1.54) is 4.90 Å². The van der Waals surface area contributed by atoms with Crippen LogP contribution in [-0.2, 0) is 4.79 Å². The molecule has 0 aromatic heterocycles. The molecule has 1 aromatic carbocycles. The van der Waals surface area contributed by atoms with Crippen molar-refractivity contribution in [2.45, 2.75) is 26.4 Å². The van der Waals surface area contributed by atoms with E-state index in [1.54, 1.807) is 20.8 Å². The van der Waals surface area contributed by atoms with Crippen LogP contribution in [0.4, 0.5) is 8.78 Å². The normalized spacial score (nSPS) is 11.2. The number of carbonyl (C=O) groups is 2. The topological polar surface area (TPSA) is 69.6 Å². The zero-order valence-electron chi connectivity index (χ0n) is 12.8. The van der Waals surface area contributed by atoms with Crippen molar-refractivity contribution in [3.05, 3.63) is 35.4 Å². The Bertz CT molecular complexity index is 556. The van der Waals surface area contributed by atoms with Gasteiger partial charge in [-0.1, -0.05) is 0 Å². The highest BCUT2D eigenvalue weighted by atomic mass is 19.2. The number of nitrogens with zero attached hydrogens (tertiary/aromatic N) is 1. The maximum absolute atomic E-state index is 13.0. The largest absolute Gasteiger partial charge is 0.389 e. The minimum atomic E-state index is -1.13. The lowest BCUT2D eigenvalue weighted by Crippen LogP contribution is -2.46. The molecule has 1 aromatic rings. The SMILES string of the molecule is CCN(CC(C)(C)O)C(=O)CNC(=O)c1ccc(F)c(F)c1. The van der Waals surface area contributed by atoms with Crippen LogP contribution in [-0.4, -0.2) is 47.1 Å². The fourth-order valence-corrected chi connectivity index (χ4v) is 1.85. The predicted molar refractivity (Wildman–Crippen MR) is 77.2 cm³/mol.